The third-order valence-corrected chi connectivity index (χ3v) is 2.74. The average Bonchev–Trinajstić information content (AvgIpc) is 2.63. The van der Waals surface area contributed by atoms with Crippen molar-refractivity contribution in [1.82, 2.24) is 10.5 Å². The molecule has 1 aromatic rings. The number of amides is 1. The molecule has 0 radical (unpaired) electrons. The summed E-state index contributed by atoms with van der Waals surface area (Å²) in [6.07, 6.45) is 1.06. The van der Waals surface area contributed by atoms with Gasteiger partial charge in [-0.1, -0.05) is 12.1 Å². The molecule has 0 aliphatic rings. The number of aryl methyl sites for hydroxylation is 2. The number of aliphatic hydroxyl groups is 1. The van der Waals surface area contributed by atoms with E-state index in [1.54, 1.807) is 0 Å². The Bertz CT molecular complexity index is 354. The second-order valence-corrected chi connectivity index (χ2v) is 4.39. The van der Waals surface area contributed by atoms with E-state index in [4.69, 9.17) is 9.63 Å². The molecule has 0 spiro atoms. The Balaban J connectivity index is 2.33. The van der Waals surface area contributed by atoms with Crippen LogP contribution < -0.4 is 5.32 Å². The molecule has 17 heavy (non-hydrogen) atoms. The number of carbonyl (C=O) groups excluding carboxylic acids is 1. The van der Waals surface area contributed by atoms with Crippen LogP contribution in [-0.4, -0.2) is 29.3 Å². The van der Waals surface area contributed by atoms with Crippen LogP contribution in [-0.2, 0) is 11.2 Å². The summed E-state index contributed by atoms with van der Waals surface area (Å²) in [6, 6.07) is 0. The summed E-state index contributed by atoms with van der Waals surface area (Å²) >= 11 is 0. The Morgan fingerprint density at radius 2 is 2.24 bits per heavy atom. The first-order valence-corrected chi connectivity index (χ1v) is 5.84. The Morgan fingerprint density at radius 1 is 1.53 bits per heavy atom. The van der Waals surface area contributed by atoms with Crippen LogP contribution in [0.15, 0.2) is 4.52 Å². The van der Waals surface area contributed by atoms with Crippen molar-refractivity contribution in [2.75, 3.05) is 13.2 Å². The Kier molecular flexibility index (Phi) is 5.15. The number of nitrogens with zero attached hydrogens (tertiary/aromatic N) is 1. The number of aromatic nitrogens is 1. The van der Waals surface area contributed by atoms with Crippen LogP contribution in [0.1, 0.15) is 30.4 Å². The first-order chi connectivity index (χ1) is 8.04. The lowest BCUT2D eigenvalue weighted by Crippen LogP contribution is -2.29. The van der Waals surface area contributed by atoms with Crippen molar-refractivity contribution in [2.24, 2.45) is 5.92 Å². The molecule has 1 unspecified atom stereocenters. The number of rotatable bonds is 6. The summed E-state index contributed by atoms with van der Waals surface area (Å²) < 4.78 is 5.03. The number of hydrogen-bond donors (Lipinski definition) is 2. The van der Waals surface area contributed by atoms with Crippen LogP contribution in [0.3, 0.4) is 0 Å². The van der Waals surface area contributed by atoms with Gasteiger partial charge in [0, 0.05) is 25.1 Å². The first-order valence-electron chi connectivity index (χ1n) is 5.84. The topological polar surface area (TPSA) is 75.4 Å². The minimum Gasteiger partial charge on any atom is -0.396 e. The second kappa shape index (κ2) is 6.39. The van der Waals surface area contributed by atoms with Crippen molar-refractivity contribution < 1.29 is 14.4 Å². The highest BCUT2D eigenvalue weighted by Gasteiger charge is 2.11. The molecule has 0 aromatic carbocycles. The van der Waals surface area contributed by atoms with E-state index in [1.165, 1.54) is 0 Å². The largest absolute Gasteiger partial charge is 0.396 e. The van der Waals surface area contributed by atoms with Gasteiger partial charge in [-0.2, -0.15) is 0 Å². The van der Waals surface area contributed by atoms with Gasteiger partial charge in [0.1, 0.15) is 5.76 Å². The SMILES string of the molecule is Cc1noc(C)c1CCC(=O)NCC(C)CO. The minimum atomic E-state index is -0.00898. The lowest BCUT2D eigenvalue weighted by atomic mass is 10.1. The first kappa shape index (κ1) is 13.7. The zero-order valence-electron chi connectivity index (χ0n) is 10.6. The molecule has 2 N–H and O–H groups in total. The van der Waals surface area contributed by atoms with Crippen LogP contribution in [0.2, 0.25) is 0 Å². The van der Waals surface area contributed by atoms with Crippen molar-refractivity contribution in [1.29, 1.82) is 0 Å². The Morgan fingerprint density at radius 3 is 2.76 bits per heavy atom. The van der Waals surface area contributed by atoms with Gasteiger partial charge < -0.3 is 14.9 Å². The van der Waals surface area contributed by atoms with Crippen LogP contribution >= 0.6 is 0 Å². The van der Waals surface area contributed by atoms with E-state index in [0.717, 1.165) is 17.0 Å². The molecular weight excluding hydrogens is 220 g/mol. The van der Waals surface area contributed by atoms with Crippen LogP contribution in [0.25, 0.3) is 0 Å². The summed E-state index contributed by atoms with van der Waals surface area (Å²) in [5, 5.41) is 15.5. The molecule has 0 saturated carbocycles. The molecule has 0 fully saturated rings. The fourth-order valence-corrected chi connectivity index (χ4v) is 1.54. The fraction of sp³-hybridized carbons (Fsp3) is 0.667. The fourth-order valence-electron chi connectivity index (χ4n) is 1.54. The molecule has 0 aliphatic heterocycles. The van der Waals surface area contributed by atoms with Gasteiger partial charge in [0.15, 0.2) is 0 Å². The van der Waals surface area contributed by atoms with Gasteiger partial charge in [0.05, 0.1) is 5.69 Å². The predicted octanol–water partition coefficient (Wildman–Crippen LogP) is 0.969. The lowest BCUT2D eigenvalue weighted by Gasteiger charge is -2.09. The molecule has 5 nitrogen and oxygen atoms in total. The smallest absolute Gasteiger partial charge is 0.220 e. The lowest BCUT2D eigenvalue weighted by molar-refractivity contribution is -0.121. The van der Waals surface area contributed by atoms with E-state index >= 15 is 0 Å². The molecule has 1 aromatic heterocycles. The van der Waals surface area contributed by atoms with E-state index in [2.05, 4.69) is 10.5 Å². The monoisotopic (exact) mass is 240 g/mol. The third-order valence-electron chi connectivity index (χ3n) is 2.74. The molecule has 96 valence electrons. The summed E-state index contributed by atoms with van der Waals surface area (Å²) in [5.41, 5.74) is 1.86. The molecule has 1 rings (SSSR count). The number of carbonyl (C=O) groups is 1. The minimum absolute atomic E-state index is 0.00898. The molecule has 1 amide bonds. The van der Waals surface area contributed by atoms with Crippen molar-refractivity contribution >= 4 is 5.91 Å². The third kappa shape index (κ3) is 4.19. The highest BCUT2D eigenvalue weighted by Crippen LogP contribution is 2.14. The predicted molar refractivity (Wildman–Crippen MR) is 63.6 cm³/mol. The maximum atomic E-state index is 11.5. The highest BCUT2D eigenvalue weighted by atomic mass is 16.5. The van der Waals surface area contributed by atoms with Crippen LogP contribution in [0.4, 0.5) is 0 Å². The maximum absolute atomic E-state index is 11.5. The van der Waals surface area contributed by atoms with Crippen LogP contribution in [0, 0.1) is 19.8 Å². The summed E-state index contributed by atoms with van der Waals surface area (Å²) in [6.45, 7) is 6.20. The molecular formula is C12H20N2O3. The molecule has 0 saturated heterocycles. The van der Waals surface area contributed by atoms with Crippen molar-refractivity contribution in [3.8, 4) is 0 Å². The van der Waals surface area contributed by atoms with Gasteiger partial charge in [-0.3, -0.25) is 4.79 Å². The second-order valence-electron chi connectivity index (χ2n) is 4.39. The quantitative estimate of drug-likeness (QED) is 0.777. The maximum Gasteiger partial charge on any atom is 0.220 e. The normalized spacial score (nSPS) is 12.5. The van der Waals surface area contributed by atoms with Crippen molar-refractivity contribution in [3.05, 3.63) is 17.0 Å². The zero-order chi connectivity index (χ0) is 12.8. The summed E-state index contributed by atoms with van der Waals surface area (Å²) in [5.74, 6) is 0.863. The summed E-state index contributed by atoms with van der Waals surface area (Å²) in [7, 11) is 0. The molecule has 5 heteroatoms. The molecule has 1 atom stereocenters. The zero-order valence-corrected chi connectivity index (χ0v) is 10.6. The Hall–Kier alpha value is -1.36. The molecule has 0 aliphatic carbocycles. The van der Waals surface area contributed by atoms with E-state index in [0.29, 0.717) is 19.4 Å². The number of nitrogens with one attached hydrogen (secondary N) is 1. The van der Waals surface area contributed by atoms with Crippen molar-refractivity contribution in [3.63, 3.8) is 0 Å². The van der Waals surface area contributed by atoms with Gasteiger partial charge in [0.2, 0.25) is 5.91 Å². The van der Waals surface area contributed by atoms with Gasteiger partial charge in [0.25, 0.3) is 0 Å². The van der Waals surface area contributed by atoms with Crippen LogP contribution in [0.5, 0.6) is 0 Å². The molecule has 1 heterocycles. The van der Waals surface area contributed by atoms with E-state index in [-0.39, 0.29) is 18.4 Å². The van der Waals surface area contributed by atoms with E-state index in [1.807, 2.05) is 20.8 Å². The standard InChI is InChI=1S/C12H20N2O3/c1-8(7-15)6-13-12(16)5-4-11-9(2)14-17-10(11)3/h8,15H,4-7H2,1-3H3,(H,13,16). The summed E-state index contributed by atoms with van der Waals surface area (Å²) in [4.78, 5) is 11.5. The van der Waals surface area contributed by atoms with Gasteiger partial charge in [-0.15, -0.1) is 0 Å². The van der Waals surface area contributed by atoms with E-state index in [9.17, 15) is 4.79 Å². The Labute approximate surface area is 101 Å². The molecule has 0 bridgehead atoms. The van der Waals surface area contributed by atoms with E-state index < -0.39 is 0 Å². The highest BCUT2D eigenvalue weighted by molar-refractivity contribution is 5.76. The number of hydrogen-bond acceptors (Lipinski definition) is 4. The van der Waals surface area contributed by atoms with Crippen molar-refractivity contribution in [2.45, 2.75) is 33.6 Å². The van der Waals surface area contributed by atoms with Gasteiger partial charge in [-0.05, 0) is 26.2 Å². The van der Waals surface area contributed by atoms with Gasteiger partial charge >= 0.3 is 0 Å². The number of aliphatic hydroxyl groups excluding tert-OH is 1. The average molecular weight is 240 g/mol. The van der Waals surface area contributed by atoms with Gasteiger partial charge in [-0.25, -0.2) is 0 Å².